The van der Waals surface area contributed by atoms with Crippen LogP contribution in [0.15, 0.2) is 60.8 Å². The van der Waals surface area contributed by atoms with Crippen LogP contribution in [0.5, 0.6) is 0 Å². The Bertz CT molecular complexity index is 1250. The zero-order valence-electron chi connectivity index (χ0n) is 16.0. The number of nitrogens with zero attached hydrogens (tertiary/aromatic N) is 4. The molecular formula is C22H18N6S. The van der Waals surface area contributed by atoms with Crippen LogP contribution in [0.4, 0.5) is 11.5 Å². The van der Waals surface area contributed by atoms with E-state index in [2.05, 4.69) is 27.9 Å². The van der Waals surface area contributed by atoms with E-state index in [1.165, 1.54) is 6.20 Å². The second-order valence-electron chi connectivity index (χ2n) is 6.64. The molecule has 0 saturated heterocycles. The van der Waals surface area contributed by atoms with E-state index in [0.717, 1.165) is 27.7 Å². The van der Waals surface area contributed by atoms with Crippen LogP contribution in [0.3, 0.4) is 0 Å². The number of hydrogen-bond donors (Lipinski definition) is 2. The number of aryl methyl sites for hydroxylation is 2. The van der Waals surface area contributed by atoms with Gasteiger partial charge in [-0.25, -0.2) is 4.98 Å². The lowest BCUT2D eigenvalue weighted by atomic mass is 10.1. The molecule has 4 rings (SSSR count). The van der Waals surface area contributed by atoms with E-state index in [0.29, 0.717) is 22.3 Å². The fourth-order valence-electron chi connectivity index (χ4n) is 3.17. The summed E-state index contributed by atoms with van der Waals surface area (Å²) in [6, 6.07) is 19.8. The van der Waals surface area contributed by atoms with Crippen LogP contribution in [-0.2, 0) is 0 Å². The minimum Gasteiger partial charge on any atom is -0.332 e. The van der Waals surface area contributed by atoms with Crippen LogP contribution in [0.2, 0.25) is 0 Å². The van der Waals surface area contributed by atoms with Crippen molar-refractivity contribution in [3.05, 3.63) is 77.5 Å². The third-order valence-corrected chi connectivity index (χ3v) is 4.81. The Morgan fingerprint density at radius 2 is 1.83 bits per heavy atom. The van der Waals surface area contributed by atoms with Crippen molar-refractivity contribution in [1.82, 2.24) is 14.8 Å². The van der Waals surface area contributed by atoms with Crippen molar-refractivity contribution in [3.63, 3.8) is 0 Å². The van der Waals surface area contributed by atoms with Gasteiger partial charge in [-0.2, -0.15) is 15.0 Å². The number of para-hydroxylation sites is 2. The monoisotopic (exact) mass is 398 g/mol. The Kier molecular flexibility index (Phi) is 4.94. The van der Waals surface area contributed by atoms with Gasteiger partial charge >= 0.3 is 0 Å². The standard InChI is InChI=1S/C22H18N6S/c1-14-7-6-10-18-15(2)11-19(26-20(14)18)28-21(16(12-23)13-24-28)27-22(29)25-17-8-4-3-5-9-17/h3-11,13H,1-2H3,(H2,25,27,29). The molecule has 0 spiro atoms. The van der Waals surface area contributed by atoms with Crippen LogP contribution in [0.25, 0.3) is 16.7 Å². The van der Waals surface area contributed by atoms with Gasteiger partial charge in [0.05, 0.1) is 11.7 Å². The Labute approximate surface area is 173 Å². The van der Waals surface area contributed by atoms with Crippen LogP contribution >= 0.6 is 12.2 Å². The molecule has 2 N–H and O–H groups in total. The van der Waals surface area contributed by atoms with Crippen molar-refractivity contribution in [3.8, 4) is 11.9 Å². The molecule has 2 heterocycles. The second kappa shape index (κ2) is 7.70. The minimum absolute atomic E-state index is 0.364. The van der Waals surface area contributed by atoms with E-state index in [4.69, 9.17) is 17.2 Å². The molecule has 6 nitrogen and oxygen atoms in total. The number of hydrogen-bond acceptors (Lipinski definition) is 4. The fraction of sp³-hybridized carbons (Fsp3) is 0.0909. The average molecular weight is 398 g/mol. The highest BCUT2D eigenvalue weighted by Crippen LogP contribution is 2.25. The number of aromatic nitrogens is 3. The van der Waals surface area contributed by atoms with Crippen molar-refractivity contribution in [2.24, 2.45) is 0 Å². The highest BCUT2D eigenvalue weighted by Gasteiger charge is 2.16. The zero-order valence-corrected chi connectivity index (χ0v) is 16.8. The highest BCUT2D eigenvalue weighted by atomic mass is 32.1. The van der Waals surface area contributed by atoms with Gasteiger partial charge in [0.15, 0.2) is 16.7 Å². The molecule has 0 saturated carbocycles. The number of nitriles is 1. The maximum Gasteiger partial charge on any atom is 0.176 e. The minimum atomic E-state index is 0.364. The molecule has 0 amide bonds. The Hall–Kier alpha value is -3.76. The molecule has 0 unspecified atom stereocenters. The zero-order chi connectivity index (χ0) is 20.4. The molecule has 0 aliphatic rings. The summed E-state index contributed by atoms with van der Waals surface area (Å²) in [5, 5.41) is 21.6. The van der Waals surface area contributed by atoms with E-state index in [9.17, 15) is 5.26 Å². The van der Waals surface area contributed by atoms with Gasteiger partial charge in [0.1, 0.15) is 11.6 Å². The molecule has 7 heteroatoms. The van der Waals surface area contributed by atoms with Crippen LogP contribution in [-0.4, -0.2) is 19.9 Å². The SMILES string of the molecule is Cc1cc(-n2ncc(C#N)c2NC(=S)Nc2ccccc2)nc2c(C)cccc12. The van der Waals surface area contributed by atoms with Crippen LogP contribution in [0, 0.1) is 25.2 Å². The molecule has 2 aromatic heterocycles. The fourth-order valence-corrected chi connectivity index (χ4v) is 3.38. The number of rotatable bonds is 3. The van der Waals surface area contributed by atoms with E-state index >= 15 is 0 Å². The molecule has 142 valence electrons. The molecule has 0 radical (unpaired) electrons. The summed E-state index contributed by atoms with van der Waals surface area (Å²) in [6.07, 6.45) is 1.51. The molecule has 0 bridgehead atoms. The van der Waals surface area contributed by atoms with Gasteiger partial charge in [0.2, 0.25) is 0 Å². The molecule has 29 heavy (non-hydrogen) atoms. The van der Waals surface area contributed by atoms with E-state index in [-0.39, 0.29) is 0 Å². The first kappa shape index (κ1) is 18.6. The van der Waals surface area contributed by atoms with Gasteiger partial charge in [-0.15, -0.1) is 0 Å². The van der Waals surface area contributed by atoms with E-state index in [1.54, 1.807) is 4.68 Å². The molecule has 2 aromatic carbocycles. The Balaban J connectivity index is 1.74. The molecule has 4 aromatic rings. The largest absolute Gasteiger partial charge is 0.332 e. The van der Waals surface area contributed by atoms with Gasteiger partial charge in [-0.3, -0.25) is 0 Å². The lowest BCUT2D eigenvalue weighted by Crippen LogP contribution is -2.21. The Morgan fingerprint density at radius 3 is 2.59 bits per heavy atom. The van der Waals surface area contributed by atoms with Crippen molar-refractivity contribution in [2.45, 2.75) is 13.8 Å². The lowest BCUT2D eigenvalue weighted by molar-refractivity contribution is 0.860. The summed E-state index contributed by atoms with van der Waals surface area (Å²) in [5.74, 6) is 1.09. The lowest BCUT2D eigenvalue weighted by Gasteiger charge is -2.14. The third kappa shape index (κ3) is 3.66. The first-order valence-electron chi connectivity index (χ1n) is 9.05. The van der Waals surface area contributed by atoms with Crippen molar-refractivity contribution < 1.29 is 0 Å². The molecule has 0 atom stereocenters. The van der Waals surface area contributed by atoms with Crippen molar-refractivity contribution in [2.75, 3.05) is 10.6 Å². The van der Waals surface area contributed by atoms with Crippen molar-refractivity contribution >= 4 is 39.7 Å². The number of pyridine rings is 1. The first-order chi connectivity index (χ1) is 14.1. The van der Waals surface area contributed by atoms with Gasteiger partial charge in [0, 0.05) is 11.1 Å². The molecular weight excluding hydrogens is 380 g/mol. The average Bonchev–Trinajstić information content (AvgIpc) is 3.12. The number of anilines is 2. The summed E-state index contributed by atoms with van der Waals surface area (Å²) in [7, 11) is 0. The van der Waals surface area contributed by atoms with Crippen LogP contribution < -0.4 is 10.6 Å². The Morgan fingerprint density at radius 1 is 1.03 bits per heavy atom. The maximum absolute atomic E-state index is 9.52. The van der Waals surface area contributed by atoms with E-state index in [1.807, 2.05) is 62.4 Å². The number of benzene rings is 2. The van der Waals surface area contributed by atoms with E-state index < -0.39 is 0 Å². The van der Waals surface area contributed by atoms with Gasteiger partial charge in [-0.05, 0) is 55.4 Å². The predicted octanol–water partition coefficient (Wildman–Crippen LogP) is 4.72. The molecule has 0 aliphatic heterocycles. The van der Waals surface area contributed by atoms with Gasteiger partial charge in [0.25, 0.3) is 0 Å². The predicted molar refractivity (Wildman–Crippen MR) is 119 cm³/mol. The number of nitrogens with one attached hydrogen (secondary N) is 2. The summed E-state index contributed by atoms with van der Waals surface area (Å²) in [5.41, 5.74) is 4.30. The highest BCUT2D eigenvalue weighted by molar-refractivity contribution is 7.80. The summed E-state index contributed by atoms with van der Waals surface area (Å²) in [6.45, 7) is 4.07. The summed E-state index contributed by atoms with van der Waals surface area (Å²) in [4.78, 5) is 4.79. The third-order valence-electron chi connectivity index (χ3n) is 4.60. The maximum atomic E-state index is 9.52. The first-order valence-corrected chi connectivity index (χ1v) is 9.46. The number of thiocarbonyl (C=S) groups is 1. The molecule has 0 fully saturated rings. The summed E-state index contributed by atoms with van der Waals surface area (Å²) < 4.78 is 1.61. The van der Waals surface area contributed by atoms with Gasteiger partial charge in [-0.1, -0.05) is 36.4 Å². The topological polar surface area (TPSA) is 78.6 Å². The normalized spacial score (nSPS) is 10.5. The summed E-state index contributed by atoms with van der Waals surface area (Å²) >= 11 is 5.43. The quantitative estimate of drug-likeness (QED) is 0.486. The molecule has 0 aliphatic carbocycles. The van der Waals surface area contributed by atoms with Crippen molar-refractivity contribution in [1.29, 1.82) is 5.26 Å². The van der Waals surface area contributed by atoms with Crippen LogP contribution in [0.1, 0.15) is 16.7 Å². The van der Waals surface area contributed by atoms with Gasteiger partial charge < -0.3 is 10.6 Å². The smallest absolute Gasteiger partial charge is 0.176 e. The number of fused-ring (bicyclic) bond motifs is 1. The second-order valence-corrected chi connectivity index (χ2v) is 7.05.